The summed E-state index contributed by atoms with van der Waals surface area (Å²) in [5.74, 6) is -4.55. The van der Waals surface area contributed by atoms with Crippen molar-refractivity contribution in [2.45, 2.75) is 18.4 Å². The monoisotopic (exact) mass is 386 g/mol. The molecule has 1 atom stereocenters. The third-order valence-electron chi connectivity index (χ3n) is 4.39. The highest BCUT2D eigenvalue weighted by Crippen LogP contribution is 2.31. The highest BCUT2D eigenvalue weighted by Gasteiger charge is 2.47. The zero-order valence-corrected chi connectivity index (χ0v) is 14.6. The average molecular weight is 386 g/mol. The number of carbonyl (C=O) groups is 2. The maximum Gasteiger partial charge on any atom is 0.268 e. The van der Waals surface area contributed by atoms with Crippen LogP contribution in [0.3, 0.4) is 0 Å². The number of nitriles is 1. The molecule has 1 aliphatic heterocycles. The van der Waals surface area contributed by atoms with Gasteiger partial charge in [0.05, 0.1) is 24.7 Å². The van der Waals surface area contributed by atoms with Gasteiger partial charge in [-0.25, -0.2) is 8.78 Å². The van der Waals surface area contributed by atoms with Crippen molar-refractivity contribution in [3.05, 3.63) is 58.5 Å². The molecule has 1 aromatic heterocycles. The molecular weight excluding hydrogens is 370 g/mol. The second kappa shape index (κ2) is 7.60. The lowest BCUT2D eigenvalue weighted by molar-refractivity contribution is -0.131. The van der Waals surface area contributed by atoms with Crippen molar-refractivity contribution in [3.8, 4) is 17.2 Å². The van der Waals surface area contributed by atoms with Crippen molar-refractivity contribution in [1.29, 1.82) is 5.26 Å². The van der Waals surface area contributed by atoms with E-state index in [4.69, 9.17) is 5.26 Å². The number of carbonyl (C=O) groups excluding carboxylic acids is 2. The number of likely N-dealkylation sites (tertiary alicyclic amines) is 1. The molecule has 7 nitrogen and oxygen atoms in total. The number of aromatic nitrogens is 1. The summed E-state index contributed by atoms with van der Waals surface area (Å²) in [5.41, 5.74) is 0.624. The number of rotatable bonds is 4. The molecule has 0 saturated carbocycles. The largest absolute Gasteiger partial charge is 0.343 e. The first-order valence-corrected chi connectivity index (χ1v) is 8.44. The van der Waals surface area contributed by atoms with Crippen LogP contribution >= 0.6 is 0 Å². The number of nitrogens with one attached hydrogen (secondary N) is 2. The fourth-order valence-electron chi connectivity index (χ4n) is 3.00. The summed E-state index contributed by atoms with van der Waals surface area (Å²) in [7, 11) is 0. The zero-order valence-electron chi connectivity index (χ0n) is 14.6. The highest BCUT2D eigenvalue weighted by atomic mass is 19.3. The first-order chi connectivity index (χ1) is 13.3. The van der Waals surface area contributed by atoms with Crippen LogP contribution in [0.4, 0.5) is 8.78 Å². The zero-order chi connectivity index (χ0) is 20.3. The predicted molar refractivity (Wildman–Crippen MR) is 95.5 cm³/mol. The van der Waals surface area contributed by atoms with Gasteiger partial charge in [-0.15, -0.1) is 0 Å². The topological polar surface area (TPSA) is 106 Å². The van der Waals surface area contributed by atoms with Crippen molar-refractivity contribution in [1.82, 2.24) is 15.2 Å². The van der Waals surface area contributed by atoms with Crippen molar-refractivity contribution < 1.29 is 18.4 Å². The molecule has 2 aromatic rings. The van der Waals surface area contributed by atoms with E-state index >= 15 is 0 Å². The summed E-state index contributed by atoms with van der Waals surface area (Å²) in [6, 6.07) is 10.5. The molecule has 2 N–H and O–H groups in total. The fourth-order valence-corrected chi connectivity index (χ4v) is 3.00. The third-order valence-corrected chi connectivity index (χ3v) is 4.39. The van der Waals surface area contributed by atoms with Gasteiger partial charge in [-0.05, 0) is 11.6 Å². The van der Waals surface area contributed by atoms with Crippen LogP contribution in [-0.2, 0) is 4.79 Å². The van der Waals surface area contributed by atoms with Crippen LogP contribution in [0.5, 0.6) is 0 Å². The molecule has 144 valence electrons. The Morgan fingerprint density at radius 3 is 2.71 bits per heavy atom. The Morgan fingerprint density at radius 1 is 1.32 bits per heavy atom. The standard InChI is InChI=1S/C19H16F2N4O3/c20-19(21)7-14(8-22)25(11-19)16(26)10-24-17(27)13-6-15(18(28)23-9-13)12-4-2-1-3-5-12/h1-6,9,14H,7,10-11H2,(H,23,28)(H,24,27). The molecule has 9 heteroatoms. The number of hydrogen-bond acceptors (Lipinski definition) is 4. The number of benzene rings is 1. The van der Waals surface area contributed by atoms with Crippen LogP contribution in [0.2, 0.25) is 0 Å². The van der Waals surface area contributed by atoms with E-state index in [1.165, 1.54) is 12.3 Å². The molecule has 1 aliphatic rings. The van der Waals surface area contributed by atoms with Gasteiger partial charge >= 0.3 is 0 Å². The van der Waals surface area contributed by atoms with E-state index in [1.54, 1.807) is 36.4 Å². The quantitative estimate of drug-likeness (QED) is 0.831. The minimum atomic E-state index is -3.12. The van der Waals surface area contributed by atoms with E-state index in [2.05, 4.69) is 10.3 Å². The normalized spacial score (nSPS) is 17.8. The number of halogens is 2. The molecule has 1 unspecified atom stereocenters. The lowest BCUT2D eigenvalue weighted by Gasteiger charge is -2.19. The summed E-state index contributed by atoms with van der Waals surface area (Å²) in [5, 5.41) is 11.3. The number of H-pyrrole nitrogens is 1. The first kappa shape index (κ1) is 19.2. The van der Waals surface area contributed by atoms with Gasteiger partial charge in [-0.1, -0.05) is 30.3 Å². The maximum atomic E-state index is 13.4. The molecule has 1 saturated heterocycles. The maximum absolute atomic E-state index is 13.4. The summed E-state index contributed by atoms with van der Waals surface area (Å²) >= 11 is 0. The van der Waals surface area contributed by atoms with Crippen LogP contribution in [0, 0.1) is 11.3 Å². The average Bonchev–Trinajstić information content (AvgIpc) is 3.01. The van der Waals surface area contributed by atoms with E-state index in [1.807, 2.05) is 0 Å². The Hall–Kier alpha value is -3.54. The van der Waals surface area contributed by atoms with E-state index in [-0.39, 0.29) is 16.7 Å². The van der Waals surface area contributed by atoms with Crippen LogP contribution in [-0.4, -0.2) is 46.8 Å². The van der Waals surface area contributed by atoms with E-state index in [0.717, 1.165) is 4.90 Å². The molecule has 1 fully saturated rings. The SMILES string of the molecule is N#CC1CC(F)(F)CN1C(=O)CNC(=O)c1c[nH]c(=O)c(-c2ccccc2)c1. The van der Waals surface area contributed by atoms with Gasteiger partial charge in [-0.2, -0.15) is 5.26 Å². The number of hydrogen-bond donors (Lipinski definition) is 2. The number of alkyl halides is 2. The molecule has 1 aromatic carbocycles. The Labute approximate surface area is 158 Å². The number of amides is 2. The second-order valence-corrected chi connectivity index (χ2v) is 6.41. The van der Waals surface area contributed by atoms with Crippen LogP contribution in [0.25, 0.3) is 11.1 Å². The van der Waals surface area contributed by atoms with Gasteiger partial charge in [0.2, 0.25) is 5.91 Å². The summed E-state index contributed by atoms with van der Waals surface area (Å²) in [6.07, 6.45) is 0.486. The number of pyridine rings is 1. The van der Waals surface area contributed by atoms with Gasteiger partial charge in [0, 0.05) is 18.2 Å². The second-order valence-electron chi connectivity index (χ2n) is 6.41. The van der Waals surface area contributed by atoms with Crippen LogP contribution in [0.1, 0.15) is 16.8 Å². The fraction of sp³-hybridized carbons (Fsp3) is 0.263. The van der Waals surface area contributed by atoms with Crippen LogP contribution in [0.15, 0.2) is 47.4 Å². The predicted octanol–water partition coefficient (Wildman–Crippen LogP) is 1.53. The number of aromatic amines is 1. The Bertz CT molecular complexity index is 998. The van der Waals surface area contributed by atoms with Crippen molar-refractivity contribution in [2.24, 2.45) is 0 Å². The lowest BCUT2D eigenvalue weighted by Crippen LogP contribution is -2.43. The molecule has 0 radical (unpaired) electrons. The van der Waals surface area contributed by atoms with Gasteiger partial charge in [-0.3, -0.25) is 14.4 Å². The molecule has 0 spiro atoms. The molecule has 2 heterocycles. The highest BCUT2D eigenvalue weighted by molar-refractivity contribution is 5.97. The van der Waals surface area contributed by atoms with E-state index in [0.29, 0.717) is 5.56 Å². The first-order valence-electron chi connectivity index (χ1n) is 8.44. The van der Waals surface area contributed by atoms with E-state index < -0.39 is 43.3 Å². The minimum absolute atomic E-state index is 0.106. The molecule has 2 amide bonds. The third kappa shape index (κ3) is 4.06. The Kier molecular flexibility index (Phi) is 5.22. The van der Waals surface area contributed by atoms with Gasteiger partial charge < -0.3 is 15.2 Å². The molecule has 28 heavy (non-hydrogen) atoms. The summed E-state index contributed by atoms with van der Waals surface area (Å²) in [4.78, 5) is 39.7. The smallest absolute Gasteiger partial charge is 0.268 e. The molecule has 3 rings (SSSR count). The molecule has 0 aliphatic carbocycles. The Balaban J connectivity index is 1.70. The van der Waals surface area contributed by atoms with Crippen molar-refractivity contribution in [3.63, 3.8) is 0 Å². The van der Waals surface area contributed by atoms with Gasteiger partial charge in [0.1, 0.15) is 6.04 Å². The van der Waals surface area contributed by atoms with Gasteiger partial charge in [0.25, 0.3) is 17.4 Å². The Morgan fingerprint density at radius 2 is 2.04 bits per heavy atom. The molecular formula is C19H16F2N4O3. The number of nitrogens with zero attached hydrogens (tertiary/aromatic N) is 2. The van der Waals surface area contributed by atoms with Crippen LogP contribution < -0.4 is 10.9 Å². The summed E-state index contributed by atoms with van der Waals surface area (Å²) in [6.45, 7) is -1.39. The molecule has 0 bridgehead atoms. The van der Waals surface area contributed by atoms with Gasteiger partial charge in [0.15, 0.2) is 0 Å². The summed E-state index contributed by atoms with van der Waals surface area (Å²) < 4.78 is 26.9. The van der Waals surface area contributed by atoms with Crippen molar-refractivity contribution in [2.75, 3.05) is 13.1 Å². The van der Waals surface area contributed by atoms with Crippen molar-refractivity contribution >= 4 is 11.8 Å². The van der Waals surface area contributed by atoms with E-state index in [9.17, 15) is 23.2 Å². The minimum Gasteiger partial charge on any atom is -0.343 e. The lowest BCUT2D eigenvalue weighted by atomic mass is 10.1.